The van der Waals surface area contributed by atoms with Crippen LogP contribution >= 0.6 is 0 Å². The Morgan fingerprint density at radius 2 is 1.69 bits per heavy atom. The maximum Gasteiger partial charge on any atom is 0.330 e. The number of ether oxygens (including phenoxy) is 3. The molecule has 0 spiro atoms. The van der Waals surface area contributed by atoms with Gasteiger partial charge < -0.3 is 19.0 Å². The fraction of sp³-hybridized carbons (Fsp3) is 0.407. The van der Waals surface area contributed by atoms with Crippen LogP contribution < -0.4 is 9.47 Å². The molecule has 2 aromatic carbocycles. The van der Waals surface area contributed by atoms with Crippen molar-refractivity contribution in [3.8, 4) is 11.5 Å². The van der Waals surface area contributed by atoms with Gasteiger partial charge in [0.15, 0.2) is 11.5 Å². The summed E-state index contributed by atoms with van der Waals surface area (Å²) in [6.07, 6.45) is 4.64. The summed E-state index contributed by atoms with van der Waals surface area (Å²) in [5, 5.41) is 9.20. The van der Waals surface area contributed by atoms with Crippen molar-refractivity contribution in [1.29, 1.82) is 0 Å². The van der Waals surface area contributed by atoms with Gasteiger partial charge in [-0.15, -0.1) is 10.1 Å². The molecule has 0 aliphatic heterocycles. The van der Waals surface area contributed by atoms with E-state index in [9.17, 15) is 19.7 Å². The van der Waals surface area contributed by atoms with E-state index in [1.165, 1.54) is 18.7 Å². The fourth-order valence-corrected chi connectivity index (χ4v) is 3.35. The molecule has 9 heteroatoms. The van der Waals surface area contributed by atoms with E-state index in [4.69, 9.17) is 14.2 Å². The molecule has 0 aromatic heterocycles. The van der Waals surface area contributed by atoms with Crippen molar-refractivity contribution in [2.24, 2.45) is 5.92 Å². The Morgan fingerprint density at radius 3 is 2.33 bits per heavy atom. The number of unbranched alkanes of at least 4 members (excludes halogenated alkanes) is 1. The van der Waals surface area contributed by atoms with Crippen LogP contribution in [0, 0.1) is 16.0 Å². The van der Waals surface area contributed by atoms with Crippen molar-refractivity contribution in [3.05, 3.63) is 75.3 Å². The van der Waals surface area contributed by atoms with Crippen LogP contribution in [0.2, 0.25) is 0 Å². The molecule has 0 saturated carbocycles. The maximum atomic E-state index is 12.7. The standard InChI is InChI=1S/C27H33NO8/c1-19(2)17-21-7-11-23(12-8-21)20(3)27(30)36-24-13-9-22(18-25(24)33-4)10-14-26(29)34-15-5-6-16-35-28(31)32/h7-14,18-20H,5-6,15-17H2,1-4H3/b14-10+/t20-/m0/s1. The van der Waals surface area contributed by atoms with Crippen molar-refractivity contribution in [2.45, 2.75) is 46.0 Å². The third kappa shape index (κ3) is 9.77. The first-order valence-corrected chi connectivity index (χ1v) is 11.8. The molecule has 2 rings (SSSR count). The summed E-state index contributed by atoms with van der Waals surface area (Å²) in [5.74, 6) is -0.216. The van der Waals surface area contributed by atoms with Crippen LogP contribution in [0.1, 0.15) is 56.2 Å². The molecule has 0 heterocycles. The van der Waals surface area contributed by atoms with E-state index in [1.807, 2.05) is 24.3 Å². The zero-order chi connectivity index (χ0) is 26.5. The summed E-state index contributed by atoms with van der Waals surface area (Å²) in [6, 6.07) is 12.9. The Labute approximate surface area is 211 Å². The number of benzene rings is 2. The molecular formula is C27H33NO8. The SMILES string of the molecule is COc1cc(/C=C/C(=O)OCCCCO[N+](=O)[O-])ccc1OC(=O)[C@@H](C)c1ccc(CC(C)C)cc1. The van der Waals surface area contributed by atoms with Gasteiger partial charge in [0, 0.05) is 6.08 Å². The van der Waals surface area contributed by atoms with Gasteiger partial charge in [0.25, 0.3) is 5.09 Å². The van der Waals surface area contributed by atoms with Gasteiger partial charge in [-0.3, -0.25) is 4.79 Å². The van der Waals surface area contributed by atoms with Gasteiger partial charge in [-0.25, -0.2) is 4.79 Å². The topological polar surface area (TPSA) is 114 Å². The molecule has 1 atom stereocenters. The molecule has 0 unspecified atom stereocenters. The van der Waals surface area contributed by atoms with E-state index in [2.05, 4.69) is 18.7 Å². The minimum atomic E-state index is -0.859. The molecule has 0 aliphatic carbocycles. The van der Waals surface area contributed by atoms with E-state index in [1.54, 1.807) is 31.2 Å². The van der Waals surface area contributed by atoms with Crippen molar-refractivity contribution < 1.29 is 33.7 Å². The van der Waals surface area contributed by atoms with Crippen LogP contribution in [0.4, 0.5) is 0 Å². The normalized spacial score (nSPS) is 11.8. The highest BCUT2D eigenvalue weighted by Crippen LogP contribution is 2.30. The molecule has 0 saturated heterocycles. The highest BCUT2D eigenvalue weighted by atomic mass is 16.9. The van der Waals surface area contributed by atoms with E-state index in [0.29, 0.717) is 30.1 Å². The molecule has 0 radical (unpaired) electrons. The average Bonchev–Trinajstić information content (AvgIpc) is 2.84. The smallest absolute Gasteiger partial charge is 0.330 e. The number of rotatable bonds is 14. The highest BCUT2D eigenvalue weighted by Gasteiger charge is 2.19. The van der Waals surface area contributed by atoms with Crippen molar-refractivity contribution in [3.63, 3.8) is 0 Å². The lowest BCUT2D eigenvalue weighted by molar-refractivity contribution is -0.757. The molecule has 0 N–H and O–H groups in total. The van der Waals surface area contributed by atoms with Crippen molar-refractivity contribution in [1.82, 2.24) is 0 Å². The number of esters is 2. The van der Waals surface area contributed by atoms with E-state index >= 15 is 0 Å². The summed E-state index contributed by atoms with van der Waals surface area (Å²) in [6.45, 7) is 6.21. The molecule has 36 heavy (non-hydrogen) atoms. The van der Waals surface area contributed by atoms with Crippen LogP contribution in [0.5, 0.6) is 11.5 Å². The average molecular weight is 500 g/mol. The molecule has 0 bridgehead atoms. The lowest BCUT2D eigenvalue weighted by Gasteiger charge is -2.15. The van der Waals surface area contributed by atoms with Crippen LogP contribution in [-0.2, 0) is 25.6 Å². The third-order valence-electron chi connectivity index (χ3n) is 5.27. The molecule has 9 nitrogen and oxygen atoms in total. The first-order chi connectivity index (χ1) is 17.2. The quantitative estimate of drug-likeness (QED) is 0.0876. The number of hydrogen-bond donors (Lipinski definition) is 0. The van der Waals surface area contributed by atoms with Gasteiger partial charge >= 0.3 is 11.9 Å². The second kappa shape index (κ2) is 14.5. The molecular weight excluding hydrogens is 466 g/mol. The Morgan fingerprint density at radius 1 is 1.00 bits per heavy atom. The molecule has 0 aliphatic rings. The van der Waals surface area contributed by atoms with Gasteiger partial charge in [-0.2, -0.15) is 0 Å². The summed E-state index contributed by atoms with van der Waals surface area (Å²) in [7, 11) is 1.47. The maximum absolute atomic E-state index is 12.7. The molecule has 194 valence electrons. The molecule has 0 fully saturated rings. The highest BCUT2D eigenvalue weighted by molar-refractivity contribution is 5.87. The Hall–Kier alpha value is -3.88. The largest absolute Gasteiger partial charge is 0.493 e. The number of hydrogen-bond acceptors (Lipinski definition) is 8. The van der Waals surface area contributed by atoms with E-state index < -0.39 is 22.9 Å². The van der Waals surface area contributed by atoms with Crippen molar-refractivity contribution >= 4 is 18.0 Å². The molecule has 2 aromatic rings. The predicted molar refractivity (Wildman–Crippen MR) is 134 cm³/mol. The summed E-state index contributed by atoms with van der Waals surface area (Å²) in [5.41, 5.74) is 2.75. The van der Waals surface area contributed by atoms with Crippen LogP contribution in [0.25, 0.3) is 6.08 Å². The zero-order valence-corrected chi connectivity index (χ0v) is 21.1. The van der Waals surface area contributed by atoms with Gasteiger partial charge in [0.1, 0.15) is 0 Å². The van der Waals surface area contributed by atoms with Crippen LogP contribution in [-0.4, -0.2) is 37.3 Å². The number of methoxy groups -OCH3 is 1. The first-order valence-electron chi connectivity index (χ1n) is 11.8. The number of nitrogens with zero attached hydrogens (tertiary/aromatic N) is 1. The Bertz CT molecular complexity index is 1050. The van der Waals surface area contributed by atoms with Gasteiger partial charge in [0.2, 0.25) is 0 Å². The van der Waals surface area contributed by atoms with E-state index in [0.717, 1.165) is 12.0 Å². The van der Waals surface area contributed by atoms with Gasteiger partial charge in [-0.1, -0.05) is 44.2 Å². The van der Waals surface area contributed by atoms with Crippen LogP contribution in [0.15, 0.2) is 48.5 Å². The summed E-state index contributed by atoms with van der Waals surface area (Å²) in [4.78, 5) is 38.9. The minimum Gasteiger partial charge on any atom is -0.493 e. The lowest BCUT2D eigenvalue weighted by Crippen LogP contribution is -2.16. The summed E-state index contributed by atoms with van der Waals surface area (Å²) < 4.78 is 16.0. The number of carbonyl (C=O) groups is 2. The first kappa shape index (κ1) is 28.4. The van der Waals surface area contributed by atoms with E-state index in [-0.39, 0.29) is 19.0 Å². The Kier molecular flexibility index (Phi) is 11.4. The summed E-state index contributed by atoms with van der Waals surface area (Å²) >= 11 is 0. The lowest BCUT2D eigenvalue weighted by atomic mass is 9.97. The Balaban J connectivity index is 1.91. The minimum absolute atomic E-state index is 0.0412. The zero-order valence-electron chi connectivity index (χ0n) is 21.1. The third-order valence-corrected chi connectivity index (χ3v) is 5.27. The monoisotopic (exact) mass is 499 g/mol. The molecule has 0 amide bonds. The van der Waals surface area contributed by atoms with Gasteiger partial charge in [0.05, 0.1) is 26.2 Å². The second-order valence-electron chi connectivity index (χ2n) is 8.66. The number of carbonyl (C=O) groups excluding carboxylic acids is 2. The van der Waals surface area contributed by atoms with Crippen LogP contribution in [0.3, 0.4) is 0 Å². The predicted octanol–water partition coefficient (Wildman–Crippen LogP) is 5.15. The van der Waals surface area contributed by atoms with Crippen molar-refractivity contribution in [2.75, 3.05) is 20.3 Å². The second-order valence-corrected chi connectivity index (χ2v) is 8.66. The fourth-order valence-electron chi connectivity index (χ4n) is 3.35. The van der Waals surface area contributed by atoms with Gasteiger partial charge in [-0.05, 0) is 67.0 Å².